The largest absolute Gasteiger partial charge is 0.343 e. The summed E-state index contributed by atoms with van der Waals surface area (Å²) in [7, 11) is 3.92. The number of nitrogens with zero attached hydrogens (tertiary/aromatic N) is 1. The molecule has 0 bridgehead atoms. The first kappa shape index (κ1) is 18.4. The first-order chi connectivity index (χ1) is 8.54. The number of rotatable bonds is 8. The predicted molar refractivity (Wildman–Crippen MR) is 83.0 cm³/mol. The maximum Gasteiger partial charge on any atom is 0.226 e. The third kappa shape index (κ3) is 9.94. The second-order valence-electron chi connectivity index (χ2n) is 7.75. The summed E-state index contributed by atoms with van der Waals surface area (Å²) in [5.74, 6) is 0.164. The summed E-state index contributed by atoms with van der Waals surface area (Å²) >= 11 is 0. The highest BCUT2D eigenvalue weighted by Crippen LogP contribution is 2.26. The Labute approximate surface area is 120 Å². The zero-order valence-electron chi connectivity index (χ0n) is 14.1. The van der Waals surface area contributed by atoms with Gasteiger partial charge in [-0.2, -0.15) is 0 Å². The zero-order chi connectivity index (χ0) is 15.1. The molecule has 0 aliphatic heterocycles. The van der Waals surface area contributed by atoms with Crippen molar-refractivity contribution in [2.24, 2.45) is 10.8 Å². The number of amides is 1. The average Bonchev–Trinajstić information content (AvgIpc) is 2.23. The monoisotopic (exact) mass is 270 g/mol. The highest BCUT2D eigenvalue weighted by molar-refractivity contribution is 5.81. The summed E-state index contributed by atoms with van der Waals surface area (Å²) in [6.45, 7) is 11.6. The first-order valence-electron chi connectivity index (χ1n) is 7.48. The zero-order valence-corrected chi connectivity index (χ0v) is 14.1. The van der Waals surface area contributed by atoms with Gasteiger partial charge in [-0.15, -0.1) is 0 Å². The van der Waals surface area contributed by atoms with Gasteiger partial charge in [-0.1, -0.05) is 53.9 Å². The van der Waals surface area contributed by atoms with Crippen LogP contribution in [0.2, 0.25) is 0 Å². The SMILES string of the molecule is CN(C)CNC(=O)C(C)(C)CCCCCC(C)(C)C. The molecule has 0 saturated carbocycles. The van der Waals surface area contributed by atoms with E-state index in [0.29, 0.717) is 12.1 Å². The van der Waals surface area contributed by atoms with E-state index in [2.05, 4.69) is 26.1 Å². The van der Waals surface area contributed by atoms with Gasteiger partial charge in [0.1, 0.15) is 0 Å². The van der Waals surface area contributed by atoms with Crippen molar-refractivity contribution in [3.63, 3.8) is 0 Å². The van der Waals surface area contributed by atoms with Crippen LogP contribution in [0.1, 0.15) is 66.7 Å². The smallest absolute Gasteiger partial charge is 0.226 e. The molecule has 1 N–H and O–H groups in total. The molecule has 0 aromatic carbocycles. The summed E-state index contributed by atoms with van der Waals surface area (Å²) in [4.78, 5) is 14.0. The Morgan fingerprint density at radius 2 is 1.47 bits per heavy atom. The van der Waals surface area contributed by atoms with Crippen molar-refractivity contribution in [1.29, 1.82) is 0 Å². The summed E-state index contributed by atoms with van der Waals surface area (Å²) in [6.07, 6.45) is 5.86. The van der Waals surface area contributed by atoms with Crippen LogP contribution < -0.4 is 5.32 Å². The molecule has 0 rings (SSSR count). The van der Waals surface area contributed by atoms with E-state index < -0.39 is 0 Å². The van der Waals surface area contributed by atoms with Crippen LogP contribution in [-0.4, -0.2) is 31.6 Å². The fraction of sp³-hybridized carbons (Fsp3) is 0.938. The van der Waals surface area contributed by atoms with Gasteiger partial charge in [0.25, 0.3) is 0 Å². The molecular weight excluding hydrogens is 236 g/mol. The Bertz CT molecular complexity index is 264. The molecule has 19 heavy (non-hydrogen) atoms. The van der Waals surface area contributed by atoms with Gasteiger partial charge in [0.05, 0.1) is 6.67 Å². The van der Waals surface area contributed by atoms with E-state index in [4.69, 9.17) is 0 Å². The van der Waals surface area contributed by atoms with Crippen molar-refractivity contribution < 1.29 is 4.79 Å². The molecule has 0 fully saturated rings. The van der Waals surface area contributed by atoms with Crippen molar-refractivity contribution in [3.05, 3.63) is 0 Å². The third-order valence-electron chi connectivity index (χ3n) is 3.40. The Morgan fingerprint density at radius 1 is 0.947 bits per heavy atom. The molecule has 114 valence electrons. The first-order valence-corrected chi connectivity index (χ1v) is 7.48. The van der Waals surface area contributed by atoms with Gasteiger partial charge in [-0.25, -0.2) is 0 Å². The van der Waals surface area contributed by atoms with E-state index in [1.165, 1.54) is 19.3 Å². The van der Waals surface area contributed by atoms with E-state index in [1.807, 2.05) is 32.8 Å². The highest BCUT2D eigenvalue weighted by atomic mass is 16.2. The number of unbranched alkanes of at least 4 members (excludes halogenated alkanes) is 2. The number of carbonyl (C=O) groups is 1. The minimum atomic E-state index is -0.252. The minimum absolute atomic E-state index is 0.164. The van der Waals surface area contributed by atoms with Crippen LogP contribution in [0.15, 0.2) is 0 Å². The molecule has 3 heteroatoms. The van der Waals surface area contributed by atoms with Crippen LogP contribution in [0.5, 0.6) is 0 Å². The number of hydrogen-bond acceptors (Lipinski definition) is 2. The van der Waals surface area contributed by atoms with E-state index in [0.717, 1.165) is 12.8 Å². The lowest BCUT2D eigenvalue weighted by Crippen LogP contribution is -2.41. The predicted octanol–water partition coefficient (Wildman–Crippen LogP) is 3.64. The number of hydrogen-bond donors (Lipinski definition) is 1. The molecule has 0 heterocycles. The van der Waals surface area contributed by atoms with Gasteiger partial charge in [0.15, 0.2) is 0 Å². The van der Waals surface area contributed by atoms with Gasteiger partial charge in [-0.05, 0) is 32.4 Å². The molecule has 0 radical (unpaired) electrons. The van der Waals surface area contributed by atoms with Crippen LogP contribution in [0, 0.1) is 10.8 Å². The second kappa shape index (κ2) is 7.88. The van der Waals surface area contributed by atoms with E-state index in [-0.39, 0.29) is 11.3 Å². The fourth-order valence-electron chi connectivity index (χ4n) is 1.98. The number of carbonyl (C=O) groups excluding carboxylic acids is 1. The van der Waals surface area contributed by atoms with Crippen molar-refractivity contribution in [1.82, 2.24) is 10.2 Å². The molecule has 0 aromatic rings. The molecule has 3 nitrogen and oxygen atoms in total. The molecule has 0 aromatic heterocycles. The third-order valence-corrected chi connectivity index (χ3v) is 3.40. The maximum absolute atomic E-state index is 12.1. The van der Waals surface area contributed by atoms with E-state index >= 15 is 0 Å². The molecule has 0 atom stereocenters. The Morgan fingerprint density at radius 3 is 1.95 bits per heavy atom. The Hall–Kier alpha value is -0.570. The topological polar surface area (TPSA) is 32.3 Å². The van der Waals surface area contributed by atoms with Crippen LogP contribution in [0.3, 0.4) is 0 Å². The average molecular weight is 270 g/mol. The van der Waals surface area contributed by atoms with Crippen molar-refractivity contribution >= 4 is 5.91 Å². The lowest BCUT2D eigenvalue weighted by atomic mass is 9.84. The maximum atomic E-state index is 12.1. The minimum Gasteiger partial charge on any atom is -0.343 e. The molecule has 0 aliphatic carbocycles. The molecule has 0 unspecified atom stereocenters. The summed E-state index contributed by atoms with van der Waals surface area (Å²) in [6, 6.07) is 0. The quantitative estimate of drug-likeness (QED) is 0.539. The van der Waals surface area contributed by atoms with Crippen LogP contribution in [0.4, 0.5) is 0 Å². The van der Waals surface area contributed by atoms with Crippen LogP contribution in [-0.2, 0) is 4.79 Å². The Kier molecular flexibility index (Phi) is 7.65. The molecule has 1 amide bonds. The van der Waals surface area contributed by atoms with Gasteiger partial charge in [0, 0.05) is 5.41 Å². The van der Waals surface area contributed by atoms with Crippen molar-refractivity contribution in [3.8, 4) is 0 Å². The summed E-state index contributed by atoms with van der Waals surface area (Å²) in [5, 5.41) is 2.97. The van der Waals surface area contributed by atoms with E-state index in [9.17, 15) is 4.79 Å². The van der Waals surface area contributed by atoms with Crippen molar-refractivity contribution in [2.45, 2.75) is 66.7 Å². The van der Waals surface area contributed by atoms with Gasteiger partial charge >= 0.3 is 0 Å². The summed E-state index contributed by atoms with van der Waals surface area (Å²) in [5.41, 5.74) is 0.177. The summed E-state index contributed by atoms with van der Waals surface area (Å²) < 4.78 is 0. The normalized spacial score (nSPS) is 12.8. The number of nitrogens with one attached hydrogen (secondary N) is 1. The van der Waals surface area contributed by atoms with Crippen LogP contribution in [0.25, 0.3) is 0 Å². The van der Waals surface area contributed by atoms with E-state index in [1.54, 1.807) is 0 Å². The molecular formula is C16H34N2O. The fourth-order valence-corrected chi connectivity index (χ4v) is 1.98. The van der Waals surface area contributed by atoms with Gasteiger partial charge in [0.2, 0.25) is 5.91 Å². The van der Waals surface area contributed by atoms with Gasteiger partial charge in [-0.3, -0.25) is 9.69 Å². The lowest BCUT2D eigenvalue weighted by molar-refractivity contribution is -0.130. The molecule has 0 aliphatic rings. The standard InChI is InChI=1S/C16H34N2O/c1-15(2,3)11-9-8-10-12-16(4,5)14(19)17-13-18(6)7/h8-13H2,1-7H3,(H,17,19). The van der Waals surface area contributed by atoms with Crippen molar-refractivity contribution in [2.75, 3.05) is 20.8 Å². The highest BCUT2D eigenvalue weighted by Gasteiger charge is 2.26. The molecule has 0 spiro atoms. The van der Waals surface area contributed by atoms with Crippen LogP contribution >= 0.6 is 0 Å². The molecule has 0 saturated heterocycles. The second-order valence-corrected chi connectivity index (χ2v) is 7.75. The Balaban J connectivity index is 3.87. The lowest BCUT2D eigenvalue weighted by Gasteiger charge is -2.25. The van der Waals surface area contributed by atoms with Gasteiger partial charge < -0.3 is 5.32 Å².